The number of amides is 1. The molecule has 0 spiro atoms. The smallest absolute Gasteiger partial charge is 0.412 e. The summed E-state index contributed by atoms with van der Waals surface area (Å²) < 4.78 is 32.7. The molecule has 0 aliphatic heterocycles. The highest BCUT2D eigenvalue weighted by Gasteiger charge is 2.51. The fraction of sp³-hybridized carbons (Fsp3) is 0.172. The molecule has 2 N–H and O–H groups in total. The van der Waals surface area contributed by atoms with Crippen LogP contribution in [-0.4, -0.2) is 17.2 Å². The molecule has 5 nitrogen and oxygen atoms in total. The van der Waals surface area contributed by atoms with Crippen LogP contribution in [0.3, 0.4) is 0 Å². The van der Waals surface area contributed by atoms with Crippen LogP contribution >= 0.6 is 11.3 Å². The quantitative estimate of drug-likeness (QED) is 0.261. The zero-order valence-electron chi connectivity index (χ0n) is 19.8. The van der Waals surface area contributed by atoms with E-state index >= 15 is 0 Å². The zero-order chi connectivity index (χ0) is 26.2. The second-order valence-electron chi connectivity index (χ2n) is 9.06. The Hall–Kier alpha value is -4.04. The molecule has 1 aliphatic carbocycles. The first-order valence-corrected chi connectivity index (χ1v) is 12.5. The van der Waals surface area contributed by atoms with Crippen molar-refractivity contribution in [2.45, 2.75) is 31.3 Å². The fourth-order valence-electron chi connectivity index (χ4n) is 4.32. The third-order valence-electron chi connectivity index (χ3n) is 6.64. The maximum atomic E-state index is 14.2. The average Bonchev–Trinajstić information content (AvgIpc) is 3.63. The topological polar surface area (TPSA) is 75.6 Å². The van der Waals surface area contributed by atoms with Crippen LogP contribution < -0.4 is 5.32 Å². The Balaban J connectivity index is 1.29. The van der Waals surface area contributed by atoms with Crippen LogP contribution in [0.1, 0.15) is 37.0 Å². The van der Waals surface area contributed by atoms with Gasteiger partial charge in [-0.2, -0.15) is 4.39 Å². The van der Waals surface area contributed by atoms with Crippen LogP contribution in [0.25, 0.3) is 21.6 Å². The number of carboxylic acid groups (broad SMARTS) is 1. The summed E-state index contributed by atoms with van der Waals surface area (Å²) in [5.74, 6) is -1.17. The van der Waals surface area contributed by atoms with E-state index in [4.69, 9.17) is 4.74 Å². The SMILES string of the molecule is CC(OC(=O)Nc1cc(F)sc1-c1ccc(-c2ccc(C3(C(=O)O)CC3)cc2)cc1)c1ccc(F)cc1. The highest BCUT2D eigenvalue weighted by molar-refractivity contribution is 7.14. The van der Waals surface area contributed by atoms with E-state index in [2.05, 4.69) is 5.32 Å². The Labute approximate surface area is 216 Å². The van der Waals surface area contributed by atoms with E-state index < -0.39 is 28.7 Å². The molecule has 1 fully saturated rings. The summed E-state index contributed by atoms with van der Waals surface area (Å²) in [6.07, 6.45) is -0.0584. The molecule has 37 heavy (non-hydrogen) atoms. The normalized spacial score (nSPS) is 14.6. The zero-order valence-corrected chi connectivity index (χ0v) is 20.6. The van der Waals surface area contributed by atoms with Gasteiger partial charge in [-0.05, 0) is 59.7 Å². The number of hydrogen-bond acceptors (Lipinski definition) is 4. The van der Waals surface area contributed by atoms with Gasteiger partial charge in [0.05, 0.1) is 16.0 Å². The number of carboxylic acids is 1. The summed E-state index contributed by atoms with van der Waals surface area (Å²) >= 11 is 0.908. The minimum absolute atomic E-state index is 0.291. The summed E-state index contributed by atoms with van der Waals surface area (Å²) in [5.41, 5.74) is 3.57. The first-order valence-electron chi connectivity index (χ1n) is 11.7. The number of anilines is 1. The van der Waals surface area contributed by atoms with Crippen molar-refractivity contribution >= 4 is 29.1 Å². The van der Waals surface area contributed by atoms with E-state index in [1.165, 1.54) is 30.3 Å². The second-order valence-corrected chi connectivity index (χ2v) is 10.1. The van der Waals surface area contributed by atoms with Gasteiger partial charge in [0.25, 0.3) is 0 Å². The van der Waals surface area contributed by atoms with Crippen LogP contribution in [0, 0.1) is 10.9 Å². The Morgan fingerprint density at radius 1 is 0.919 bits per heavy atom. The maximum absolute atomic E-state index is 14.2. The van der Waals surface area contributed by atoms with Crippen LogP contribution in [0.4, 0.5) is 19.3 Å². The van der Waals surface area contributed by atoms with Gasteiger partial charge in [-0.15, -0.1) is 11.3 Å². The molecule has 1 aliphatic rings. The Morgan fingerprint density at radius 3 is 2.05 bits per heavy atom. The fourth-order valence-corrected chi connectivity index (χ4v) is 5.16. The van der Waals surface area contributed by atoms with Gasteiger partial charge in [-0.3, -0.25) is 10.1 Å². The van der Waals surface area contributed by atoms with Gasteiger partial charge in [0.2, 0.25) is 0 Å². The summed E-state index contributed by atoms with van der Waals surface area (Å²) in [5, 5.41) is 11.6. The number of carbonyl (C=O) groups is 2. The lowest BCUT2D eigenvalue weighted by Crippen LogP contribution is -2.19. The Morgan fingerprint density at radius 2 is 1.49 bits per heavy atom. The number of thiophene rings is 1. The van der Waals surface area contributed by atoms with Gasteiger partial charge >= 0.3 is 12.1 Å². The van der Waals surface area contributed by atoms with Crippen LogP contribution in [0.5, 0.6) is 0 Å². The molecule has 1 unspecified atom stereocenters. The molecule has 1 atom stereocenters. The molecule has 1 amide bonds. The molecule has 1 heterocycles. The van der Waals surface area contributed by atoms with E-state index in [-0.39, 0.29) is 5.82 Å². The van der Waals surface area contributed by atoms with E-state index in [9.17, 15) is 23.5 Å². The van der Waals surface area contributed by atoms with Crippen molar-refractivity contribution in [2.24, 2.45) is 0 Å². The number of nitrogens with one attached hydrogen (secondary N) is 1. The molecule has 0 bridgehead atoms. The third-order valence-corrected chi connectivity index (χ3v) is 7.61. The van der Waals surface area contributed by atoms with Crippen molar-refractivity contribution in [3.8, 4) is 21.6 Å². The maximum Gasteiger partial charge on any atom is 0.412 e. The van der Waals surface area contributed by atoms with Gasteiger partial charge in [0.1, 0.15) is 11.9 Å². The van der Waals surface area contributed by atoms with E-state index in [1.54, 1.807) is 6.92 Å². The Bertz CT molecular complexity index is 1440. The lowest BCUT2D eigenvalue weighted by atomic mass is 9.93. The Kier molecular flexibility index (Phi) is 6.52. The predicted molar refractivity (Wildman–Crippen MR) is 139 cm³/mol. The number of aliphatic carboxylic acids is 1. The predicted octanol–water partition coefficient (Wildman–Crippen LogP) is 7.79. The number of halogens is 2. The van der Waals surface area contributed by atoms with Gasteiger partial charge in [-0.25, -0.2) is 9.18 Å². The summed E-state index contributed by atoms with van der Waals surface area (Å²) in [7, 11) is 0. The first kappa shape index (κ1) is 24.6. The first-order chi connectivity index (χ1) is 17.7. The summed E-state index contributed by atoms with van der Waals surface area (Å²) in [4.78, 5) is 24.6. The molecule has 4 aromatic rings. The van der Waals surface area contributed by atoms with Crippen LogP contribution in [-0.2, 0) is 14.9 Å². The number of rotatable bonds is 7. The van der Waals surface area contributed by atoms with Crippen molar-refractivity contribution in [1.82, 2.24) is 0 Å². The van der Waals surface area contributed by atoms with Crippen molar-refractivity contribution in [3.05, 3.63) is 101 Å². The molecule has 1 aromatic heterocycles. The molecular formula is C29H23F2NO4S. The van der Waals surface area contributed by atoms with Gasteiger partial charge in [-0.1, -0.05) is 60.7 Å². The highest BCUT2D eigenvalue weighted by Crippen LogP contribution is 2.48. The number of hydrogen-bond donors (Lipinski definition) is 2. The molecular weight excluding hydrogens is 496 g/mol. The number of benzene rings is 3. The van der Waals surface area contributed by atoms with Gasteiger partial charge in [0.15, 0.2) is 5.13 Å². The number of ether oxygens (including phenoxy) is 1. The molecule has 0 radical (unpaired) electrons. The van der Waals surface area contributed by atoms with Crippen molar-refractivity contribution in [2.75, 3.05) is 5.32 Å². The monoisotopic (exact) mass is 519 g/mol. The second kappa shape index (κ2) is 9.78. The van der Waals surface area contributed by atoms with E-state index in [0.717, 1.165) is 33.6 Å². The molecule has 8 heteroatoms. The van der Waals surface area contributed by atoms with Crippen LogP contribution in [0.2, 0.25) is 0 Å². The molecule has 188 valence electrons. The van der Waals surface area contributed by atoms with Crippen molar-refractivity contribution < 1.29 is 28.2 Å². The van der Waals surface area contributed by atoms with E-state index in [1.807, 2.05) is 48.5 Å². The average molecular weight is 520 g/mol. The standard InChI is InChI=1S/C29H23F2NO4S/c1-17(18-8-12-23(30)13-9-18)36-28(35)32-24-16-25(31)37-26(24)21-4-2-19(3-5-21)20-6-10-22(11-7-20)29(14-15-29)27(33)34/h2-13,16-17H,14-15H2,1H3,(H,32,35)(H,33,34). The third kappa shape index (κ3) is 5.11. The van der Waals surface area contributed by atoms with Crippen molar-refractivity contribution in [3.63, 3.8) is 0 Å². The lowest BCUT2D eigenvalue weighted by Gasteiger charge is -2.14. The molecule has 5 rings (SSSR count). The largest absolute Gasteiger partial charge is 0.481 e. The molecule has 0 saturated heterocycles. The van der Waals surface area contributed by atoms with Crippen molar-refractivity contribution in [1.29, 1.82) is 0 Å². The minimum atomic E-state index is -0.786. The van der Waals surface area contributed by atoms with Gasteiger partial charge in [0, 0.05) is 6.07 Å². The highest BCUT2D eigenvalue weighted by atomic mass is 32.1. The van der Waals surface area contributed by atoms with E-state index in [0.29, 0.717) is 29.0 Å². The van der Waals surface area contributed by atoms with Crippen LogP contribution in [0.15, 0.2) is 78.9 Å². The molecule has 1 saturated carbocycles. The summed E-state index contributed by atoms with van der Waals surface area (Å²) in [6.45, 7) is 1.67. The minimum Gasteiger partial charge on any atom is -0.481 e. The van der Waals surface area contributed by atoms with Gasteiger partial charge < -0.3 is 9.84 Å². The summed E-state index contributed by atoms with van der Waals surface area (Å²) in [6, 6.07) is 21.9. The lowest BCUT2D eigenvalue weighted by molar-refractivity contribution is -0.140. The number of carbonyl (C=O) groups excluding carboxylic acids is 1. The molecule has 3 aromatic carbocycles.